The van der Waals surface area contributed by atoms with Crippen molar-refractivity contribution in [1.82, 2.24) is 9.88 Å². The number of aromatic nitrogens is 1. The number of carboxylic acids is 1. The molecule has 2 heterocycles. The molecule has 4 rings (SSSR count). The molecule has 1 aliphatic heterocycles. The fourth-order valence-electron chi connectivity index (χ4n) is 4.94. The zero-order chi connectivity index (χ0) is 24.6. The van der Waals surface area contributed by atoms with Crippen LogP contribution in [0.15, 0.2) is 60.7 Å². The summed E-state index contributed by atoms with van der Waals surface area (Å²) in [6.45, 7) is 13.5. The molecule has 0 radical (unpaired) electrons. The second kappa shape index (κ2) is 10.7. The van der Waals surface area contributed by atoms with Crippen molar-refractivity contribution in [3.8, 4) is 0 Å². The third kappa shape index (κ3) is 5.51. The van der Waals surface area contributed by atoms with Gasteiger partial charge in [0.1, 0.15) is 0 Å². The van der Waals surface area contributed by atoms with Crippen LogP contribution in [0, 0.1) is 0 Å². The van der Waals surface area contributed by atoms with Crippen molar-refractivity contribution in [2.45, 2.75) is 58.2 Å². The summed E-state index contributed by atoms with van der Waals surface area (Å²) < 4.78 is 7.21. The van der Waals surface area contributed by atoms with E-state index in [1.165, 1.54) is 21.7 Å². The van der Waals surface area contributed by atoms with E-state index in [2.05, 4.69) is 105 Å². The Hall–Kier alpha value is -1.73. The van der Waals surface area contributed by atoms with Gasteiger partial charge in [-0.15, -0.1) is 11.3 Å². The van der Waals surface area contributed by atoms with Gasteiger partial charge in [-0.05, 0) is 29.3 Å². The van der Waals surface area contributed by atoms with Crippen molar-refractivity contribution < 1.29 is 14.3 Å². The van der Waals surface area contributed by atoms with Crippen LogP contribution in [0.1, 0.15) is 55.0 Å². The zero-order valence-corrected chi connectivity index (χ0v) is 22.5. The zero-order valence-electron chi connectivity index (χ0n) is 20.7. The monoisotopic (exact) mass is 502 g/mol. The van der Waals surface area contributed by atoms with Gasteiger partial charge >= 0.3 is 24.8 Å². The number of carbonyl (C=O) groups is 1. The fourth-order valence-corrected chi connectivity index (χ4v) is 10.6. The predicted octanol–water partition coefficient (Wildman–Crippen LogP) is 3.91. The van der Waals surface area contributed by atoms with Crippen molar-refractivity contribution in [2.24, 2.45) is 0 Å². The van der Waals surface area contributed by atoms with Gasteiger partial charge in [0.15, 0.2) is 0 Å². The van der Waals surface area contributed by atoms with E-state index >= 15 is 0 Å². The Morgan fingerprint density at radius 3 is 2.06 bits per heavy atom. The van der Waals surface area contributed by atoms with Crippen LogP contribution >= 0.6 is 11.3 Å². The van der Waals surface area contributed by atoms with Crippen molar-refractivity contribution in [1.29, 1.82) is 0 Å². The van der Waals surface area contributed by atoms with E-state index in [4.69, 9.17) is 4.43 Å². The van der Waals surface area contributed by atoms with Gasteiger partial charge in [-0.2, -0.15) is 0 Å². The van der Waals surface area contributed by atoms with Crippen molar-refractivity contribution >= 4 is 54.9 Å². The Labute approximate surface area is 225 Å². The van der Waals surface area contributed by atoms with Gasteiger partial charge in [0.2, 0.25) is 5.01 Å². The summed E-state index contributed by atoms with van der Waals surface area (Å²) in [5.41, 5.74) is 0.709. The number of thiazole rings is 1. The van der Waals surface area contributed by atoms with E-state index in [-0.39, 0.29) is 34.4 Å². The van der Waals surface area contributed by atoms with Crippen LogP contribution < -0.4 is 10.4 Å². The maximum atomic E-state index is 11.4. The number of nitrogens with zero attached hydrogens (tertiary/aromatic N) is 2. The van der Waals surface area contributed by atoms with Gasteiger partial charge in [-0.25, -0.2) is 9.78 Å². The minimum atomic E-state index is -2.62. The molecule has 1 aromatic heterocycles. The molecular formula is C27H35LiN2O3SSi. The summed E-state index contributed by atoms with van der Waals surface area (Å²) >= 11 is 1.30. The average molecular weight is 503 g/mol. The molecule has 1 aliphatic rings. The molecular weight excluding hydrogens is 467 g/mol. The van der Waals surface area contributed by atoms with Crippen LogP contribution in [-0.2, 0) is 17.4 Å². The van der Waals surface area contributed by atoms with Crippen LogP contribution in [0.2, 0.25) is 5.04 Å². The standard InChI is InChI=1S/C27H34N2O3SSi.Li.H/c1-26(2,3)34(20-12-8-6-9-13-20,21-14-10-7-11-15-21)32-19-27(4,5)29-17-16-22-23(18-29)33-24(28-22)25(30)31;;/h6-15H,16-19H2,1-5H3,(H,30,31);;. The Balaban J connectivity index is 0.00000342. The van der Waals surface area contributed by atoms with E-state index in [0.29, 0.717) is 13.2 Å². The van der Waals surface area contributed by atoms with E-state index < -0.39 is 14.3 Å². The van der Waals surface area contributed by atoms with Gasteiger partial charge in [-0.3, -0.25) is 4.90 Å². The summed E-state index contributed by atoms with van der Waals surface area (Å²) in [7, 11) is -2.62. The van der Waals surface area contributed by atoms with Crippen molar-refractivity contribution in [2.75, 3.05) is 13.2 Å². The van der Waals surface area contributed by atoms with Gasteiger partial charge in [0, 0.05) is 29.9 Å². The fraction of sp³-hybridized carbons (Fsp3) is 0.407. The van der Waals surface area contributed by atoms with Crippen LogP contribution in [0.4, 0.5) is 0 Å². The summed E-state index contributed by atoms with van der Waals surface area (Å²) in [6, 6.07) is 21.4. The number of benzene rings is 2. The van der Waals surface area contributed by atoms with E-state index in [1.54, 1.807) is 0 Å². The number of rotatable bonds is 7. The van der Waals surface area contributed by atoms with Crippen LogP contribution in [-0.4, -0.2) is 66.8 Å². The summed E-state index contributed by atoms with van der Waals surface area (Å²) in [6.07, 6.45) is 0.766. The number of fused-ring (bicyclic) bond motifs is 1. The molecule has 0 saturated heterocycles. The molecule has 2 aromatic carbocycles. The molecule has 0 atom stereocenters. The topological polar surface area (TPSA) is 62.7 Å². The molecule has 0 saturated carbocycles. The first-order chi connectivity index (χ1) is 16.0. The molecule has 182 valence electrons. The number of aromatic carboxylic acids is 1. The molecule has 0 amide bonds. The molecule has 3 aromatic rings. The molecule has 5 nitrogen and oxygen atoms in total. The Bertz CT molecular complexity index is 1110. The molecule has 0 aliphatic carbocycles. The maximum absolute atomic E-state index is 11.4. The Kier molecular flexibility index (Phi) is 8.53. The third-order valence-corrected chi connectivity index (χ3v) is 12.9. The van der Waals surface area contributed by atoms with E-state index in [9.17, 15) is 9.90 Å². The van der Waals surface area contributed by atoms with Gasteiger partial charge in [-0.1, -0.05) is 81.4 Å². The molecule has 1 N–H and O–H groups in total. The second-order valence-electron chi connectivity index (χ2n) is 10.6. The number of carboxylic acid groups (broad SMARTS) is 1. The summed E-state index contributed by atoms with van der Waals surface area (Å²) in [5, 5.41) is 12.0. The summed E-state index contributed by atoms with van der Waals surface area (Å²) in [5.74, 6) is -0.944. The van der Waals surface area contributed by atoms with Gasteiger partial charge in [0.25, 0.3) is 8.32 Å². The van der Waals surface area contributed by atoms with Crippen LogP contribution in [0.3, 0.4) is 0 Å². The molecule has 0 fully saturated rings. The summed E-state index contributed by atoms with van der Waals surface area (Å²) in [4.78, 5) is 19.2. The molecule has 0 spiro atoms. The normalized spacial score (nSPS) is 14.8. The van der Waals surface area contributed by atoms with Crippen LogP contribution in [0.25, 0.3) is 0 Å². The first-order valence-corrected chi connectivity index (χ1v) is 14.5. The van der Waals surface area contributed by atoms with Crippen molar-refractivity contribution in [3.05, 3.63) is 76.2 Å². The molecule has 0 bridgehead atoms. The van der Waals surface area contributed by atoms with E-state index in [1.807, 2.05) is 0 Å². The quantitative estimate of drug-likeness (QED) is 0.497. The second-order valence-corrected chi connectivity index (χ2v) is 16.0. The minimum absolute atomic E-state index is 0. The van der Waals surface area contributed by atoms with E-state index in [0.717, 1.165) is 23.5 Å². The number of hydrogen-bond donors (Lipinski definition) is 1. The third-order valence-electron chi connectivity index (χ3n) is 6.83. The molecule has 8 heteroatoms. The van der Waals surface area contributed by atoms with Crippen LogP contribution in [0.5, 0.6) is 0 Å². The molecule has 0 unspecified atom stereocenters. The Morgan fingerprint density at radius 2 is 1.57 bits per heavy atom. The van der Waals surface area contributed by atoms with Crippen molar-refractivity contribution in [3.63, 3.8) is 0 Å². The SMILES string of the molecule is CC(C)(CO[Si](c1ccccc1)(c1ccccc1)C(C)(C)C)N1CCc2nc(C(=O)O)sc2C1.[LiH]. The number of hydrogen-bond acceptors (Lipinski definition) is 5. The first-order valence-electron chi connectivity index (χ1n) is 11.8. The molecule has 35 heavy (non-hydrogen) atoms. The predicted molar refractivity (Wildman–Crippen MR) is 148 cm³/mol. The van der Waals surface area contributed by atoms with Gasteiger partial charge < -0.3 is 9.53 Å². The first kappa shape index (κ1) is 27.9. The Morgan fingerprint density at radius 1 is 1.03 bits per heavy atom. The van der Waals surface area contributed by atoms with Gasteiger partial charge in [0.05, 0.1) is 12.3 Å². The average Bonchev–Trinajstić information content (AvgIpc) is 3.24.